The highest BCUT2D eigenvalue weighted by molar-refractivity contribution is 7.71. The van der Waals surface area contributed by atoms with Gasteiger partial charge in [-0.25, -0.2) is 4.68 Å². The fourth-order valence-corrected chi connectivity index (χ4v) is 3.15. The molecule has 6 nitrogen and oxygen atoms in total. The maximum Gasteiger partial charge on any atom is 0.216 e. The van der Waals surface area contributed by atoms with Crippen molar-refractivity contribution >= 4 is 41.6 Å². The van der Waals surface area contributed by atoms with Crippen LogP contribution in [0.3, 0.4) is 0 Å². The van der Waals surface area contributed by atoms with Crippen LogP contribution in [0.2, 0.25) is 10.2 Å². The molecule has 0 amide bonds. The summed E-state index contributed by atoms with van der Waals surface area (Å²) in [5.74, 6) is 0.728. The van der Waals surface area contributed by atoms with E-state index in [1.807, 2.05) is 45.9 Å². The first kappa shape index (κ1) is 18.8. The molecule has 3 aromatic rings. The topological polar surface area (TPSA) is 63.8 Å². The van der Waals surface area contributed by atoms with Crippen LogP contribution >= 0.6 is 35.4 Å². The van der Waals surface area contributed by atoms with Gasteiger partial charge in [-0.1, -0.05) is 56.1 Å². The zero-order chi connectivity index (χ0) is 19.1. The molecule has 2 aromatic heterocycles. The average Bonchev–Trinajstić information content (AvgIpc) is 3.06. The molecule has 0 bridgehead atoms. The maximum absolute atomic E-state index is 6.54. The summed E-state index contributed by atoms with van der Waals surface area (Å²) < 4.78 is 3.61. The van der Waals surface area contributed by atoms with Gasteiger partial charge < -0.3 is 0 Å². The molecular weight excluding hydrogens is 391 g/mol. The number of aryl methyl sites for hydroxylation is 1. The number of H-pyrrole nitrogens is 1. The normalized spacial score (nSPS) is 12.2. The lowest BCUT2D eigenvalue weighted by atomic mass is 9.96. The van der Waals surface area contributed by atoms with Crippen LogP contribution in [0.1, 0.15) is 37.9 Å². The van der Waals surface area contributed by atoms with Crippen LogP contribution in [-0.2, 0) is 5.41 Å². The number of para-hydroxylation sites is 1. The number of aromatic amines is 1. The minimum atomic E-state index is -0.217. The lowest BCUT2D eigenvalue weighted by Crippen LogP contribution is -2.17. The van der Waals surface area contributed by atoms with Crippen LogP contribution in [0.15, 0.2) is 29.4 Å². The van der Waals surface area contributed by atoms with E-state index in [4.69, 9.17) is 35.4 Å². The summed E-state index contributed by atoms with van der Waals surface area (Å²) in [6, 6.07) is 7.37. The van der Waals surface area contributed by atoms with E-state index in [1.165, 1.54) is 0 Å². The molecule has 136 valence electrons. The maximum atomic E-state index is 6.54. The molecule has 0 aliphatic heterocycles. The number of nitrogens with zero attached hydrogens (tertiary/aromatic N) is 5. The van der Waals surface area contributed by atoms with Gasteiger partial charge in [0.05, 0.1) is 28.2 Å². The number of benzene rings is 1. The van der Waals surface area contributed by atoms with E-state index in [0.29, 0.717) is 26.2 Å². The number of hydrogen-bond acceptors (Lipinski definition) is 4. The molecular formula is C17H18Cl2N6S. The minimum absolute atomic E-state index is 0.217. The Morgan fingerprint density at radius 1 is 1.23 bits per heavy atom. The van der Waals surface area contributed by atoms with E-state index < -0.39 is 0 Å². The van der Waals surface area contributed by atoms with Gasteiger partial charge in [0.2, 0.25) is 4.77 Å². The SMILES string of the molecule is Cc1nn(-c2ccccc2Cl)c(Cl)c1/C=N\n1c(C(C)(C)C)n[nH]c1=S. The Bertz CT molecular complexity index is 1040. The van der Waals surface area contributed by atoms with Crippen molar-refractivity contribution in [2.75, 3.05) is 0 Å². The van der Waals surface area contributed by atoms with Crippen molar-refractivity contribution in [2.24, 2.45) is 5.10 Å². The van der Waals surface area contributed by atoms with Gasteiger partial charge in [0.1, 0.15) is 5.15 Å². The standard InChI is InChI=1S/C17H18Cl2N6S/c1-10-11(9-20-25-15(17(2,3)4)21-22-16(25)26)14(19)24(23-10)13-8-6-5-7-12(13)18/h5-9H,1-4H3,(H,22,26)/b20-9-. The number of nitrogens with one attached hydrogen (secondary N) is 1. The van der Waals surface area contributed by atoms with Gasteiger partial charge >= 0.3 is 0 Å². The molecule has 1 N–H and O–H groups in total. The third-order valence-electron chi connectivity index (χ3n) is 3.75. The third-order valence-corrected chi connectivity index (χ3v) is 4.70. The van der Waals surface area contributed by atoms with Crippen LogP contribution in [0.5, 0.6) is 0 Å². The molecule has 26 heavy (non-hydrogen) atoms. The number of rotatable bonds is 3. The smallest absolute Gasteiger partial charge is 0.216 e. The van der Waals surface area contributed by atoms with Crippen molar-refractivity contribution in [3.63, 3.8) is 0 Å². The highest BCUT2D eigenvalue weighted by Crippen LogP contribution is 2.27. The van der Waals surface area contributed by atoms with Gasteiger partial charge in [0.25, 0.3) is 0 Å². The van der Waals surface area contributed by atoms with Gasteiger partial charge in [0.15, 0.2) is 5.82 Å². The van der Waals surface area contributed by atoms with E-state index in [9.17, 15) is 0 Å². The van der Waals surface area contributed by atoms with Crippen molar-refractivity contribution in [1.29, 1.82) is 0 Å². The van der Waals surface area contributed by atoms with Gasteiger partial charge in [-0.2, -0.15) is 20.0 Å². The lowest BCUT2D eigenvalue weighted by molar-refractivity contribution is 0.516. The molecule has 0 fully saturated rings. The van der Waals surface area contributed by atoms with E-state index in [2.05, 4.69) is 20.4 Å². The van der Waals surface area contributed by atoms with Crippen molar-refractivity contribution in [1.82, 2.24) is 24.7 Å². The molecule has 2 heterocycles. The summed E-state index contributed by atoms with van der Waals surface area (Å²) in [7, 11) is 0. The predicted molar refractivity (Wildman–Crippen MR) is 107 cm³/mol. The molecule has 0 unspecified atom stereocenters. The molecule has 0 spiro atoms. The zero-order valence-corrected chi connectivity index (χ0v) is 17.1. The molecule has 0 aliphatic carbocycles. The second-order valence-corrected chi connectivity index (χ2v) is 7.96. The lowest BCUT2D eigenvalue weighted by Gasteiger charge is -2.15. The van der Waals surface area contributed by atoms with Crippen molar-refractivity contribution < 1.29 is 0 Å². The van der Waals surface area contributed by atoms with Crippen LogP contribution < -0.4 is 0 Å². The van der Waals surface area contributed by atoms with Crippen LogP contribution in [0, 0.1) is 11.7 Å². The Kier molecular flexibility index (Phi) is 5.05. The summed E-state index contributed by atoms with van der Waals surface area (Å²) >= 11 is 18.1. The molecule has 0 saturated heterocycles. The molecule has 0 saturated carbocycles. The fourth-order valence-electron chi connectivity index (χ4n) is 2.44. The van der Waals surface area contributed by atoms with Crippen LogP contribution in [0.25, 0.3) is 5.69 Å². The Morgan fingerprint density at radius 2 is 1.92 bits per heavy atom. The number of hydrogen-bond donors (Lipinski definition) is 1. The van der Waals surface area contributed by atoms with Crippen molar-refractivity contribution in [3.05, 3.63) is 56.3 Å². The van der Waals surface area contributed by atoms with Gasteiger partial charge in [0, 0.05) is 5.41 Å². The van der Waals surface area contributed by atoms with Crippen LogP contribution in [-0.4, -0.2) is 30.9 Å². The van der Waals surface area contributed by atoms with E-state index in [1.54, 1.807) is 21.6 Å². The summed E-state index contributed by atoms with van der Waals surface area (Å²) in [5, 5.41) is 17.0. The summed E-state index contributed by atoms with van der Waals surface area (Å²) in [6.07, 6.45) is 1.64. The first-order valence-electron chi connectivity index (χ1n) is 7.92. The summed E-state index contributed by atoms with van der Waals surface area (Å²) in [5.41, 5.74) is 1.91. The monoisotopic (exact) mass is 408 g/mol. The van der Waals surface area contributed by atoms with Gasteiger partial charge in [-0.05, 0) is 31.3 Å². The second-order valence-electron chi connectivity index (χ2n) is 6.81. The van der Waals surface area contributed by atoms with Gasteiger partial charge in [-0.3, -0.25) is 5.10 Å². The highest BCUT2D eigenvalue weighted by Gasteiger charge is 2.22. The average molecular weight is 409 g/mol. The zero-order valence-electron chi connectivity index (χ0n) is 14.8. The first-order chi connectivity index (χ1) is 12.2. The van der Waals surface area contributed by atoms with Crippen molar-refractivity contribution in [3.8, 4) is 5.69 Å². The molecule has 1 aromatic carbocycles. The highest BCUT2D eigenvalue weighted by atomic mass is 35.5. The Labute approximate surface area is 166 Å². The third kappa shape index (κ3) is 3.47. The van der Waals surface area contributed by atoms with Crippen molar-refractivity contribution in [2.45, 2.75) is 33.1 Å². The van der Waals surface area contributed by atoms with E-state index in [-0.39, 0.29) is 5.41 Å². The van der Waals surface area contributed by atoms with Gasteiger partial charge in [-0.15, -0.1) is 0 Å². The largest absolute Gasteiger partial charge is 0.250 e. The molecule has 3 rings (SSSR count). The Balaban J connectivity index is 2.06. The number of aromatic nitrogens is 5. The van der Waals surface area contributed by atoms with E-state index in [0.717, 1.165) is 11.5 Å². The minimum Gasteiger partial charge on any atom is -0.250 e. The molecule has 0 radical (unpaired) electrons. The molecule has 0 aliphatic rings. The fraction of sp³-hybridized carbons (Fsp3) is 0.294. The summed E-state index contributed by atoms with van der Waals surface area (Å²) in [6.45, 7) is 7.98. The Hall–Kier alpha value is -1.96. The van der Waals surface area contributed by atoms with E-state index >= 15 is 0 Å². The Morgan fingerprint density at radius 3 is 2.58 bits per heavy atom. The predicted octanol–water partition coefficient (Wildman–Crippen LogP) is 4.92. The van der Waals surface area contributed by atoms with Crippen LogP contribution in [0.4, 0.5) is 0 Å². The summed E-state index contributed by atoms with van der Waals surface area (Å²) in [4.78, 5) is 0. The second kappa shape index (κ2) is 6.98. The molecule has 9 heteroatoms. The molecule has 0 atom stereocenters. The quantitative estimate of drug-likeness (QED) is 0.493. The first-order valence-corrected chi connectivity index (χ1v) is 9.09. The number of halogens is 2.